The molecule has 0 rings (SSSR count). The molecule has 0 aromatic heterocycles. The second-order valence-electron chi connectivity index (χ2n) is 6.37. The van der Waals surface area contributed by atoms with Crippen LogP contribution in [0.25, 0.3) is 0 Å². The summed E-state index contributed by atoms with van der Waals surface area (Å²) in [4.78, 5) is 22.4. The summed E-state index contributed by atoms with van der Waals surface area (Å²) in [6.07, 6.45) is -0.474. The number of aliphatic hydroxyl groups excluding tert-OH is 2. The van der Waals surface area contributed by atoms with Crippen molar-refractivity contribution >= 4 is 11.9 Å². The predicted molar refractivity (Wildman–Crippen MR) is 80.9 cm³/mol. The third kappa shape index (κ3) is 11.5. The van der Waals surface area contributed by atoms with Crippen molar-refractivity contribution in [3.63, 3.8) is 0 Å². The van der Waals surface area contributed by atoms with E-state index in [-0.39, 0.29) is 37.4 Å². The zero-order valence-electron chi connectivity index (χ0n) is 13.9. The van der Waals surface area contributed by atoms with E-state index in [1.165, 1.54) is 7.05 Å². The van der Waals surface area contributed by atoms with Crippen LogP contribution >= 0.6 is 0 Å². The Balaban J connectivity index is 3.93. The molecule has 0 radical (unpaired) electrons. The Morgan fingerprint density at radius 3 is 2.36 bits per heavy atom. The number of amides is 1. The van der Waals surface area contributed by atoms with Crippen molar-refractivity contribution < 1.29 is 29.3 Å². The summed E-state index contributed by atoms with van der Waals surface area (Å²) in [5.41, 5.74) is -0.0519. The normalized spacial score (nSPS) is 14.3. The van der Waals surface area contributed by atoms with Gasteiger partial charge in [0.25, 0.3) is 0 Å². The lowest BCUT2D eigenvalue weighted by atomic mass is 9.89. The van der Waals surface area contributed by atoms with Gasteiger partial charge in [-0.05, 0) is 18.3 Å². The molecule has 0 aromatic rings. The first kappa shape index (κ1) is 20.8. The van der Waals surface area contributed by atoms with E-state index >= 15 is 0 Å². The van der Waals surface area contributed by atoms with Crippen LogP contribution in [-0.2, 0) is 19.1 Å². The number of carbonyl (C=O) groups is 2. The van der Waals surface area contributed by atoms with Crippen molar-refractivity contribution in [3.05, 3.63) is 0 Å². The standard InChI is InChI=1S/C15H29NO6/c1-15(2,3)8-11(9-17)22-14(20)10-21-13(19)7-5-6-12(18)16-4/h11,14,17,20H,5-10H2,1-4H3,(H,16,18). The summed E-state index contributed by atoms with van der Waals surface area (Å²) in [5, 5.41) is 21.4. The molecule has 0 aromatic carbocycles. The summed E-state index contributed by atoms with van der Waals surface area (Å²) in [6.45, 7) is 5.49. The number of nitrogens with one attached hydrogen (secondary N) is 1. The van der Waals surface area contributed by atoms with E-state index in [0.29, 0.717) is 12.8 Å². The first-order valence-corrected chi connectivity index (χ1v) is 7.48. The Morgan fingerprint density at radius 1 is 1.23 bits per heavy atom. The van der Waals surface area contributed by atoms with Crippen LogP contribution in [-0.4, -0.2) is 54.7 Å². The first-order chi connectivity index (χ1) is 10.2. The van der Waals surface area contributed by atoms with Crippen LogP contribution < -0.4 is 5.32 Å². The Labute approximate surface area is 132 Å². The maximum absolute atomic E-state index is 11.4. The summed E-state index contributed by atoms with van der Waals surface area (Å²) in [6, 6.07) is 0. The fourth-order valence-electron chi connectivity index (χ4n) is 1.85. The number of carbonyl (C=O) groups excluding carboxylic acids is 2. The highest BCUT2D eigenvalue weighted by Gasteiger charge is 2.22. The lowest BCUT2D eigenvalue weighted by Crippen LogP contribution is -2.32. The molecule has 0 aliphatic rings. The van der Waals surface area contributed by atoms with E-state index in [4.69, 9.17) is 9.47 Å². The van der Waals surface area contributed by atoms with E-state index in [2.05, 4.69) is 5.32 Å². The molecule has 130 valence electrons. The molecule has 0 saturated carbocycles. The minimum atomic E-state index is -1.28. The van der Waals surface area contributed by atoms with Gasteiger partial charge in [0.05, 0.1) is 12.7 Å². The average Bonchev–Trinajstić information content (AvgIpc) is 2.42. The molecular weight excluding hydrogens is 290 g/mol. The highest BCUT2D eigenvalue weighted by atomic mass is 16.6. The molecule has 0 aliphatic heterocycles. The molecule has 0 bridgehead atoms. The van der Waals surface area contributed by atoms with E-state index in [1.54, 1.807) is 0 Å². The molecule has 1 amide bonds. The van der Waals surface area contributed by atoms with Gasteiger partial charge in [0.1, 0.15) is 6.61 Å². The fraction of sp³-hybridized carbons (Fsp3) is 0.867. The van der Waals surface area contributed by atoms with Gasteiger partial charge in [-0.25, -0.2) is 0 Å². The number of ether oxygens (including phenoxy) is 2. The SMILES string of the molecule is CNC(=O)CCCC(=O)OCC(O)OC(CO)CC(C)(C)C. The minimum Gasteiger partial charge on any atom is -0.460 e. The number of hydrogen-bond donors (Lipinski definition) is 3. The number of esters is 1. The summed E-state index contributed by atoms with van der Waals surface area (Å²) >= 11 is 0. The van der Waals surface area contributed by atoms with Crippen molar-refractivity contribution in [1.82, 2.24) is 5.32 Å². The Bertz CT molecular complexity index is 339. The van der Waals surface area contributed by atoms with Crippen molar-refractivity contribution in [2.75, 3.05) is 20.3 Å². The van der Waals surface area contributed by atoms with Gasteiger partial charge in [-0.15, -0.1) is 0 Å². The molecule has 0 fully saturated rings. The molecule has 7 heteroatoms. The predicted octanol–water partition coefficient (Wildman–Crippen LogP) is 0.578. The van der Waals surface area contributed by atoms with Crippen LogP contribution in [0.15, 0.2) is 0 Å². The minimum absolute atomic E-state index is 0.0519. The van der Waals surface area contributed by atoms with Gasteiger partial charge in [-0.2, -0.15) is 0 Å². The van der Waals surface area contributed by atoms with Crippen molar-refractivity contribution in [3.8, 4) is 0 Å². The Hall–Kier alpha value is -1.18. The molecule has 2 atom stereocenters. The second kappa shape index (κ2) is 10.5. The summed E-state index contributed by atoms with van der Waals surface area (Å²) in [5.74, 6) is -0.632. The molecule has 22 heavy (non-hydrogen) atoms. The van der Waals surface area contributed by atoms with Crippen LogP contribution in [0.3, 0.4) is 0 Å². The number of aliphatic hydroxyl groups is 2. The van der Waals surface area contributed by atoms with E-state index < -0.39 is 18.4 Å². The van der Waals surface area contributed by atoms with Crippen LogP contribution in [0.4, 0.5) is 0 Å². The van der Waals surface area contributed by atoms with Crippen molar-refractivity contribution in [1.29, 1.82) is 0 Å². The quantitative estimate of drug-likeness (QED) is 0.402. The van der Waals surface area contributed by atoms with Gasteiger partial charge in [0.2, 0.25) is 5.91 Å². The number of rotatable bonds is 10. The van der Waals surface area contributed by atoms with E-state index in [9.17, 15) is 19.8 Å². The third-order valence-electron chi connectivity index (χ3n) is 2.84. The topological polar surface area (TPSA) is 105 Å². The third-order valence-corrected chi connectivity index (χ3v) is 2.84. The van der Waals surface area contributed by atoms with Crippen LogP contribution in [0.5, 0.6) is 0 Å². The highest BCUT2D eigenvalue weighted by molar-refractivity contribution is 5.76. The molecule has 0 saturated heterocycles. The van der Waals surface area contributed by atoms with Gasteiger partial charge in [-0.3, -0.25) is 9.59 Å². The van der Waals surface area contributed by atoms with Crippen LogP contribution in [0, 0.1) is 5.41 Å². The zero-order valence-corrected chi connectivity index (χ0v) is 13.9. The number of hydrogen-bond acceptors (Lipinski definition) is 6. The summed E-state index contributed by atoms with van der Waals surface area (Å²) in [7, 11) is 1.53. The zero-order chi connectivity index (χ0) is 17.2. The lowest BCUT2D eigenvalue weighted by Gasteiger charge is -2.26. The molecule has 0 spiro atoms. The average molecular weight is 319 g/mol. The maximum Gasteiger partial charge on any atom is 0.305 e. The molecule has 2 unspecified atom stereocenters. The molecular formula is C15H29NO6. The first-order valence-electron chi connectivity index (χ1n) is 7.48. The van der Waals surface area contributed by atoms with E-state index in [1.807, 2.05) is 20.8 Å². The van der Waals surface area contributed by atoms with E-state index in [0.717, 1.165) is 0 Å². The Morgan fingerprint density at radius 2 is 1.86 bits per heavy atom. The molecule has 3 N–H and O–H groups in total. The molecule has 7 nitrogen and oxygen atoms in total. The molecule has 0 heterocycles. The van der Waals surface area contributed by atoms with Crippen molar-refractivity contribution in [2.45, 2.75) is 58.8 Å². The monoisotopic (exact) mass is 319 g/mol. The van der Waals surface area contributed by atoms with Crippen LogP contribution in [0.1, 0.15) is 46.5 Å². The van der Waals surface area contributed by atoms with Gasteiger partial charge in [0.15, 0.2) is 6.29 Å². The highest BCUT2D eigenvalue weighted by Crippen LogP contribution is 2.22. The maximum atomic E-state index is 11.4. The second-order valence-corrected chi connectivity index (χ2v) is 6.37. The van der Waals surface area contributed by atoms with Gasteiger partial charge >= 0.3 is 5.97 Å². The van der Waals surface area contributed by atoms with Gasteiger partial charge < -0.3 is 25.0 Å². The summed E-state index contributed by atoms with van der Waals surface area (Å²) < 4.78 is 10.1. The lowest BCUT2D eigenvalue weighted by molar-refractivity contribution is -0.187. The van der Waals surface area contributed by atoms with Crippen molar-refractivity contribution in [2.24, 2.45) is 5.41 Å². The fourth-order valence-corrected chi connectivity index (χ4v) is 1.85. The van der Waals surface area contributed by atoms with Gasteiger partial charge in [0, 0.05) is 19.9 Å². The largest absolute Gasteiger partial charge is 0.460 e. The smallest absolute Gasteiger partial charge is 0.305 e. The molecule has 0 aliphatic carbocycles. The van der Waals surface area contributed by atoms with Gasteiger partial charge in [-0.1, -0.05) is 20.8 Å². The Kier molecular flexibility index (Phi) is 9.97. The van der Waals surface area contributed by atoms with Crippen LogP contribution in [0.2, 0.25) is 0 Å².